The first-order valence-corrected chi connectivity index (χ1v) is 6.35. The van der Waals surface area contributed by atoms with Crippen LogP contribution in [-0.4, -0.2) is 68.6 Å². The van der Waals surface area contributed by atoms with Crippen molar-refractivity contribution in [2.75, 3.05) is 52.9 Å². The van der Waals surface area contributed by atoms with Gasteiger partial charge < -0.3 is 16.0 Å². The number of nitrogens with two attached hydrogens (primary N) is 1. The fourth-order valence-corrected chi connectivity index (χ4v) is 1.73. The van der Waals surface area contributed by atoms with Crippen molar-refractivity contribution in [3.63, 3.8) is 0 Å². The summed E-state index contributed by atoms with van der Waals surface area (Å²) in [6.07, 6.45) is 0. The number of likely N-dealkylation sites (N-methyl/N-ethyl adjacent to an activating group) is 1. The van der Waals surface area contributed by atoms with Gasteiger partial charge in [-0.3, -0.25) is 9.69 Å². The van der Waals surface area contributed by atoms with Crippen LogP contribution in [0.15, 0.2) is 0 Å². The molecule has 8 heteroatoms. The standard InChI is InChI=1S/C12H26N4O.3ClH/c1-12(2,10-13)11(17)14-4-5-16-8-6-15(3)7-9-16;;;/h4-10,13H2,1-3H3,(H,14,17);3*1H. The van der Waals surface area contributed by atoms with Gasteiger partial charge in [-0.25, -0.2) is 0 Å². The maximum absolute atomic E-state index is 11.8. The molecular weight excluding hydrogens is 323 g/mol. The summed E-state index contributed by atoms with van der Waals surface area (Å²) in [4.78, 5) is 16.5. The molecule has 1 amide bonds. The number of carbonyl (C=O) groups is 1. The summed E-state index contributed by atoms with van der Waals surface area (Å²) in [7, 11) is 2.14. The Hall–Kier alpha value is 0.220. The summed E-state index contributed by atoms with van der Waals surface area (Å²) in [5.41, 5.74) is 5.10. The third kappa shape index (κ3) is 8.49. The minimum atomic E-state index is -0.456. The topological polar surface area (TPSA) is 61.6 Å². The van der Waals surface area contributed by atoms with E-state index in [2.05, 4.69) is 22.2 Å². The van der Waals surface area contributed by atoms with Crippen LogP contribution in [0.3, 0.4) is 0 Å². The monoisotopic (exact) mass is 350 g/mol. The molecular formula is C12H29Cl3N4O. The van der Waals surface area contributed by atoms with Gasteiger partial charge in [0.1, 0.15) is 0 Å². The van der Waals surface area contributed by atoms with Gasteiger partial charge in [-0.1, -0.05) is 0 Å². The van der Waals surface area contributed by atoms with Crippen molar-refractivity contribution >= 4 is 43.1 Å². The number of hydrogen-bond acceptors (Lipinski definition) is 4. The number of amides is 1. The molecule has 0 aromatic heterocycles. The van der Waals surface area contributed by atoms with Gasteiger partial charge in [0.2, 0.25) is 5.91 Å². The molecule has 5 nitrogen and oxygen atoms in total. The van der Waals surface area contributed by atoms with Crippen molar-refractivity contribution in [2.45, 2.75) is 13.8 Å². The van der Waals surface area contributed by atoms with E-state index in [0.717, 1.165) is 32.7 Å². The molecule has 0 atom stereocenters. The van der Waals surface area contributed by atoms with E-state index in [-0.39, 0.29) is 43.1 Å². The molecule has 1 aliphatic heterocycles. The van der Waals surface area contributed by atoms with Crippen LogP contribution in [0.25, 0.3) is 0 Å². The molecule has 0 unspecified atom stereocenters. The molecule has 0 radical (unpaired) electrons. The Bertz CT molecular complexity index is 259. The average Bonchev–Trinajstić information content (AvgIpc) is 2.31. The highest BCUT2D eigenvalue weighted by molar-refractivity contribution is 5.86. The van der Waals surface area contributed by atoms with Gasteiger partial charge in [0.15, 0.2) is 0 Å². The molecule has 0 spiro atoms. The largest absolute Gasteiger partial charge is 0.354 e. The van der Waals surface area contributed by atoms with E-state index in [1.54, 1.807) is 0 Å². The zero-order valence-corrected chi connectivity index (χ0v) is 15.0. The Kier molecular flexibility index (Phi) is 14.9. The molecule has 0 aliphatic carbocycles. The van der Waals surface area contributed by atoms with E-state index in [1.807, 2.05) is 13.8 Å². The molecule has 20 heavy (non-hydrogen) atoms. The van der Waals surface area contributed by atoms with Gasteiger partial charge in [0, 0.05) is 45.8 Å². The van der Waals surface area contributed by atoms with E-state index in [1.165, 1.54) is 0 Å². The molecule has 0 saturated carbocycles. The zero-order valence-electron chi connectivity index (χ0n) is 12.6. The van der Waals surface area contributed by atoms with Gasteiger partial charge in [-0.15, -0.1) is 37.2 Å². The Balaban J connectivity index is -0.000000963. The van der Waals surface area contributed by atoms with E-state index in [9.17, 15) is 4.79 Å². The summed E-state index contributed by atoms with van der Waals surface area (Å²) in [5, 5.41) is 2.96. The summed E-state index contributed by atoms with van der Waals surface area (Å²) in [6.45, 7) is 10.2. The van der Waals surface area contributed by atoms with Crippen molar-refractivity contribution in [2.24, 2.45) is 11.1 Å². The maximum atomic E-state index is 11.8. The Labute approximate surface area is 141 Å². The second-order valence-corrected chi connectivity index (χ2v) is 5.49. The number of rotatable bonds is 5. The summed E-state index contributed by atoms with van der Waals surface area (Å²) < 4.78 is 0. The number of nitrogens with one attached hydrogen (secondary N) is 1. The first-order valence-electron chi connectivity index (χ1n) is 6.35. The second kappa shape index (κ2) is 11.8. The van der Waals surface area contributed by atoms with Crippen molar-refractivity contribution in [3.05, 3.63) is 0 Å². The highest BCUT2D eigenvalue weighted by Crippen LogP contribution is 2.11. The number of carbonyl (C=O) groups excluding carboxylic acids is 1. The Morgan fingerprint density at radius 3 is 2.10 bits per heavy atom. The molecule has 3 N–H and O–H groups in total. The molecule has 1 rings (SSSR count). The number of hydrogen-bond donors (Lipinski definition) is 2. The lowest BCUT2D eigenvalue weighted by atomic mass is 9.93. The summed E-state index contributed by atoms with van der Waals surface area (Å²) in [5.74, 6) is 0.0501. The lowest BCUT2D eigenvalue weighted by Crippen LogP contribution is -2.48. The molecule has 1 aliphatic rings. The molecule has 1 fully saturated rings. The zero-order chi connectivity index (χ0) is 12.9. The van der Waals surface area contributed by atoms with Crippen molar-refractivity contribution in [1.29, 1.82) is 0 Å². The Morgan fingerprint density at radius 1 is 1.15 bits per heavy atom. The first kappa shape index (κ1) is 25.2. The fraction of sp³-hybridized carbons (Fsp3) is 0.917. The van der Waals surface area contributed by atoms with Crippen LogP contribution >= 0.6 is 37.2 Å². The van der Waals surface area contributed by atoms with Crippen LogP contribution < -0.4 is 11.1 Å². The van der Waals surface area contributed by atoms with Crippen LogP contribution in [0, 0.1) is 5.41 Å². The molecule has 0 aromatic carbocycles. The van der Waals surface area contributed by atoms with E-state index >= 15 is 0 Å². The van der Waals surface area contributed by atoms with Gasteiger partial charge in [-0.2, -0.15) is 0 Å². The van der Waals surface area contributed by atoms with Crippen molar-refractivity contribution in [3.8, 4) is 0 Å². The smallest absolute Gasteiger partial charge is 0.226 e. The predicted molar refractivity (Wildman–Crippen MR) is 91.5 cm³/mol. The summed E-state index contributed by atoms with van der Waals surface area (Å²) >= 11 is 0. The number of nitrogens with zero attached hydrogens (tertiary/aromatic N) is 2. The quantitative estimate of drug-likeness (QED) is 0.761. The second-order valence-electron chi connectivity index (χ2n) is 5.49. The molecule has 1 heterocycles. The average molecular weight is 352 g/mol. The van der Waals surface area contributed by atoms with E-state index in [4.69, 9.17) is 5.73 Å². The predicted octanol–water partition coefficient (Wildman–Crippen LogP) is 0.600. The van der Waals surface area contributed by atoms with E-state index < -0.39 is 5.41 Å². The third-order valence-corrected chi connectivity index (χ3v) is 3.43. The number of piperazine rings is 1. The van der Waals surface area contributed by atoms with Gasteiger partial charge >= 0.3 is 0 Å². The van der Waals surface area contributed by atoms with Crippen LogP contribution in [0.4, 0.5) is 0 Å². The van der Waals surface area contributed by atoms with Crippen LogP contribution in [0.2, 0.25) is 0 Å². The number of halogens is 3. The van der Waals surface area contributed by atoms with Crippen LogP contribution in [0.5, 0.6) is 0 Å². The normalized spacial score (nSPS) is 16.4. The molecule has 1 saturated heterocycles. The minimum absolute atomic E-state index is 0. The highest BCUT2D eigenvalue weighted by atomic mass is 35.5. The maximum Gasteiger partial charge on any atom is 0.226 e. The Morgan fingerprint density at radius 2 is 1.65 bits per heavy atom. The SMILES string of the molecule is CN1CCN(CCNC(=O)C(C)(C)CN)CC1.Cl.Cl.Cl. The minimum Gasteiger partial charge on any atom is -0.354 e. The molecule has 0 aromatic rings. The van der Waals surface area contributed by atoms with E-state index in [0.29, 0.717) is 13.1 Å². The van der Waals surface area contributed by atoms with Crippen molar-refractivity contribution < 1.29 is 4.79 Å². The first-order chi connectivity index (χ1) is 7.95. The van der Waals surface area contributed by atoms with Gasteiger partial charge in [0.25, 0.3) is 0 Å². The van der Waals surface area contributed by atoms with Crippen LogP contribution in [0.1, 0.15) is 13.8 Å². The third-order valence-electron chi connectivity index (χ3n) is 3.43. The van der Waals surface area contributed by atoms with Crippen LogP contribution in [-0.2, 0) is 4.79 Å². The van der Waals surface area contributed by atoms with Gasteiger partial charge in [0.05, 0.1) is 5.41 Å². The lowest BCUT2D eigenvalue weighted by Gasteiger charge is -2.32. The lowest BCUT2D eigenvalue weighted by molar-refractivity contribution is -0.128. The highest BCUT2D eigenvalue weighted by Gasteiger charge is 2.25. The molecule has 124 valence electrons. The van der Waals surface area contributed by atoms with Gasteiger partial charge in [-0.05, 0) is 20.9 Å². The fourth-order valence-electron chi connectivity index (χ4n) is 1.73. The molecule has 0 bridgehead atoms. The van der Waals surface area contributed by atoms with Crippen molar-refractivity contribution in [1.82, 2.24) is 15.1 Å². The summed E-state index contributed by atoms with van der Waals surface area (Å²) in [6, 6.07) is 0.